The van der Waals surface area contributed by atoms with E-state index in [1.54, 1.807) is 12.1 Å². The summed E-state index contributed by atoms with van der Waals surface area (Å²) in [4.78, 5) is 12.9. The Morgan fingerprint density at radius 1 is 1.42 bits per heavy atom. The van der Waals surface area contributed by atoms with Crippen molar-refractivity contribution in [2.24, 2.45) is 0 Å². The lowest BCUT2D eigenvalue weighted by Crippen LogP contribution is -2.23. The maximum Gasteiger partial charge on any atom is 0.285 e. The highest BCUT2D eigenvalue weighted by molar-refractivity contribution is 9.10. The van der Waals surface area contributed by atoms with Crippen molar-refractivity contribution in [3.8, 4) is 0 Å². The van der Waals surface area contributed by atoms with Crippen LogP contribution < -0.4 is 5.32 Å². The minimum atomic E-state index is -0.365. The molecule has 0 aromatic heterocycles. The summed E-state index contributed by atoms with van der Waals surface area (Å²) in [6.45, 7) is 2.19. The highest BCUT2D eigenvalue weighted by atomic mass is 79.9. The van der Waals surface area contributed by atoms with Crippen LogP contribution in [0.5, 0.6) is 0 Å². The third kappa shape index (κ3) is 3.91. The van der Waals surface area contributed by atoms with Crippen molar-refractivity contribution in [2.45, 2.75) is 25.3 Å². The van der Waals surface area contributed by atoms with E-state index in [0.717, 1.165) is 38.0 Å². The number of halogens is 1. The van der Waals surface area contributed by atoms with Gasteiger partial charge in [0.1, 0.15) is 0 Å². The van der Waals surface area contributed by atoms with Gasteiger partial charge in [-0.3, -0.25) is 10.1 Å². The second-order valence-electron chi connectivity index (χ2n) is 5.00. The summed E-state index contributed by atoms with van der Waals surface area (Å²) in [6, 6.07) is 5.60. The van der Waals surface area contributed by atoms with Crippen molar-refractivity contribution in [1.82, 2.24) is 4.90 Å². The molecule has 2 rings (SSSR count). The Bertz CT molecular complexity index is 467. The Kier molecular flexibility index (Phi) is 4.76. The molecule has 1 aliphatic heterocycles. The Morgan fingerprint density at radius 3 is 2.95 bits per heavy atom. The molecule has 19 heavy (non-hydrogen) atoms. The zero-order valence-electron chi connectivity index (χ0n) is 10.9. The number of rotatable bonds is 3. The van der Waals surface area contributed by atoms with Crippen molar-refractivity contribution >= 4 is 27.3 Å². The molecule has 0 amide bonds. The van der Waals surface area contributed by atoms with E-state index in [-0.39, 0.29) is 10.6 Å². The number of anilines is 1. The third-order valence-corrected chi connectivity index (χ3v) is 4.14. The van der Waals surface area contributed by atoms with Gasteiger partial charge in [0.25, 0.3) is 5.69 Å². The summed E-state index contributed by atoms with van der Waals surface area (Å²) < 4.78 is 0.517. The van der Waals surface area contributed by atoms with E-state index in [4.69, 9.17) is 0 Å². The molecule has 5 nitrogen and oxygen atoms in total. The Balaban J connectivity index is 2.06. The maximum absolute atomic E-state index is 10.9. The molecule has 0 saturated carbocycles. The van der Waals surface area contributed by atoms with Gasteiger partial charge in [0.2, 0.25) is 0 Å². The number of hydrogen-bond donors (Lipinski definition) is 1. The molecule has 1 saturated heterocycles. The van der Waals surface area contributed by atoms with Gasteiger partial charge < -0.3 is 10.2 Å². The Hall–Kier alpha value is -1.14. The number of nitrogens with one attached hydrogen (secondary N) is 1. The lowest BCUT2D eigenvalue weighted by molar-refractivity contribution is -0.385. The van der Waals surface area contributed by atoms with Gasteiger partial charge in [0, 0.05) is 17.8 Å². The van der Waals surface area contributed by atoms with Crippen LogP contribution in [0, 0.1) is 10.1 Å². The van der Waals surface area contributed by atoms with Crippen LogP contribution in [-0.2, 0) is 0 Å². The van der Waals surface area contributed by atoms with E-state index in [0.29, 0.717) is 10.5 Å². The monoisotopic (exact) mass is 327 g/mol. The number of benzene rings is 1. The quantitative estimate of drug-likeness (QED) is 0.683. The summed E-state index contributed by atoms with van der Waals surface area (Å²) in [6.07, 6.45) is 3.33. The standard InChI is InChI=1S/C13H18BrN3O2/c1-16-7-2-3-10(6-8-16)15-11-4-5-12(14)13(9-11)17(18)19/h4-5,9-10,15H,2-3,6-8H2,1H3. The average Bonchev–Trinajstić information content (AvgIpc) is 2.56. The second kappa shape index (κ2) is 6.34. The lowest BCUT2D eigenvalue weighted by Gasteiger charge is -2.18. The molecule has 1 heterocycles. The molecule has 1 aromatic carbocycles. The first-order valence-electron chi connectivity index (χ1n) is 6.45. The van der Waals surface area contributed by atoms with Gasteiger partial charge in [-0.05, 0) is 67.5 Å². The molecule has 1 fully saturated rings. The van der Waals surface area contributed by atoms with Crippen LogP contribution in [0.3, 0.4) is 0 Å². The zero-order valence-corrected chi connectivity index (χ0v) is 12.5. The van der Waals surface area contributed by atoms with Crippen LogP contribution in [0.25, 0.3) is 0 Å². The van der Waals surface area contributed by atoms with Gasteiger partial charge in [0.05, 0.1) is 9.40 Å². The highest BCUT2D eigenvalue weighted by Crippen LogP contribution is 2.28. The topological polar surface area (TPSA) is 58.4 Å². The second-order valence-corrected chi connectivity index (χ2v) is 5.85. The smallest absolute Gasteiger partial charge is 0.285 e. The average molecular weight is 328 g/mol. The Morgan fingerprint density at radius 2 is 2.21 bits per heavy atom. The van der Waals surface area contributed by atoms with Crippen LogP contribution in [0.1, 0.15) is 19.3 Å². The van der Waals surface area contributed by atoms with E-state index in [1.165, 1.54) is 0 Å². The largest absolute Gasteiger partial charge is 0.382 e. The van der Waals surface area contributed by atoms with E-state index in [2.05, 4.69) is 33.2 Å². The summed E-state index contributed by atoms with van der Waals surface area (Å²) in [5, 5.41) is 14.3. The minimum Gasteiger partial charge on any atom is -0.382 e. The van der Waals surface area contributed by atoms with E-state index < -0.39 is 0 Å². The fraction of sp³-hybridized carbons (Fsp3) is 0.538. The van der Waals surface area contributed by atoms with E-state index in [1.807, 2.05) is 6.07 Å². The first-order valence-corrected chi connectivity index (χ1v) is 7.24. The van der Waals surface area contributed by atoms with Crippen LogP contribution in [0.4, 0.5) is 11.4 Å². The molecule has 0 aliphatic carbocycles. The summed E-state index contributed by atoms with van der Waals surface area (Å²) in [5.74, 6) is 0. The number of likely N-dealkylation sites (tertiary alicyclic amines) is 1. The number of nitrogens with zero attached hydrogens (tertiary/aromatic N) is 2. The van der Waals surface area contributed by atoms with Crippen molar-refractivity contribution in [1.29, 1.82) is 0 Å². The van der Waals surface area contributed by atoms with E-state index >= 15 is 0 Å². The summed E-state index contributed by atoms with van der Waals surface area (Å²) in [5.41, 5.74) is 0.931. The molecule has 1 N–H and O–H groups in total. The lowest BCUT2D eigenvalue weighted by atomic mass is 10.1. The first-order chi connectivity index (χ1) is 9.06. The molecule has 1 atom stereocenters. The van der Waals surface area contributed by atoms with Gasteiger partial charge in [0.15, 0.2) is 0 Å². The van der Waals surface area contributed by atoms with Gasteiger partial charge in [-0.2, -0.15) is 0 Å². The molecule has 0 spiro atoms. The molecule has 1 aliphatic rings. The van der Waals surface area contributed by atoms with Gasteiger partial charge >= 0.3 is 0 Å². The zero-order chi connectivity index (χ0) is 13.8. The predicted octanol–water partition coefficient (Wildman–Crippen LogP) is 3.25. The van der Waals surface area contributed by atoms with E-state index in [9.17, 15) is 10.1 Å². The first kappa shape index (κ1) is 14.3. The van der Waals surface area contributed by atoms with Crippen molar-refractivity contribution < 1.29 is 4.92 Å². The SMILES string of the molecule is CN1CCCC(Nc2ccc(Br)c([N+](=O)[O-])c2)CC1. The van der Waals surface area contributed by atoms with Crippen molar-refractivity contribution in [3.05, 3.63) is 32.8 Å². The summed E-state index contributed by atoms with van der Waals surface area (Å²) in [7, 11) is 2.13. The van der Waals surface area contributed by atoms with Crippen LogP contribution in [-0.4, -0.2) is 36.0 Å². The fourth-order valence-corrected chi connectivity index (χ4v) is 2.75. The molecule has 0 bridgehead atoms. The number of nitro benzene ring substituents is 1. The van der Waals surface area contributed by atoms with Gasteiger partial charge in [-0.1, -0.05) is 0 Å². The molecular weight excluding hydrogens is 310 g/mol. The predicted molar refractivity (Wildman–Crippen MR) is 79.6 cm³/mol. The molecular formula is C13H18BrN3O2. The molecule has 104 valence electrons. The van der Waals surface area contributed by atoms with Gasteiger partial charge in [-0.15, -0.1) is 0 Å². The van der Waals surface area contributed by atoms with Crippen molar-refractivity contribution in [2.75, 3.05) is 25.5 Å². The fourth-order valence-electron chi connectivity index (χ4n) is 2.36. The van der Waals surface area contributed by atoms with Crippen LogP contribution >= 0.6 is 15.9 Å². The van der Waals surface area contributed by atoms with Crippen LogP contribution in [0.2, 0.25) is 0 Å². The Labute approximate surface area is 121 Å². The maximum atomic E-state index is 10.9. The van der Waals surface area contributed by atoms with Crippen LogP contribution in [0.15, 0.2) is 22.7 Å². The molecule has 6 heteroatoms. The molecule has 1 unspecified atom stereocenters. The van der Waals surface area contributed by atoms with Gasteiger partial charge in [-0.25, -0.2) is 0 Å². The number of hydrogen-bond acceptors (Lipinski definition) is 4. The normalized spacial score (nSPS) is 20.8. The minimum absolute atomic E-state index is 0.107. The summed E-state index contributed by atoms with van der Waals surface area (Å²) >= 11 is 3.20. The molecule has 1 aromatic rings. The van der Waals surface area contributed by atoms with Crippen molar-refractivity contribution in [3.63, 3.8) is 0 Å². The number of nitro groups is 1. The molecule has 0 radical (unpaired) electrons. The highest BCUT2D eigenvalue weighted by Gasteiger charge is 2.17. The third-order valence-electron chi connectivity index (χ3n) is 3.47.